The molecule has 1 aliphatic carbocycles. The minimum absolute atomic E-state index is 0.126. The molecule has 0 N–H and O–H groups in total. The molecule has 4 atom stereocenters. The first-order chi connectivity index (χ1) is 13.0. The second-order valence-corrected chi connectivity index (χ2v) is 10.7. The maximum Gasteiger partial charge on any atom is 0.202 e. The third-order valence-corrected chi connectivity index (χ3v) is 5.75. The molecule has 1 aromatic rings. The Labute approximate surface area is 175 Å². The lowest BCUT2D eigenvalue weighted by molar-refractivity contribution is -0.0916. The van der Waals surface area contributed by atoms with Crippen LogP contribution in [0.5, 0.6) is 5.75 Å². The number of hydrogen-bond donors (Lipinski definition) is 0. The first-order valence-corrected chi connectivity index (χ1v) is 11.3. The lowest BCUT2D eigenvalue weighted by Gasteiger charge is -2.36. The minimum atomic E-state index is -0.126. The van der Waals surface area contributed by atoms with E-state index in [-0.39, 0.29) is 11.7 Å². The van der Waals surface area contributed by atoms with Crippen LogP contribution in [-0.2, 0) is 4.74 Å². The highest BCUT2D eigenvalue weighted by molar-refractivity contribution is 5.30. The van der Waals surface area contributed by atoms with Crippen LogP contribution >= 0.6 is 0 Å². The molecule has 4 unspecified atom stereocenters. The van der Waals surface area contributed by atoms with Crippen LogP contribution in [-0.4, -0.2) is 13.4 Å². The van der Waals surface area contributed by atoms with Gasteiger partial charge in [-0.1, -0.05) is 80.9 Å². The van der Waals surface area contributed by atoms with Gasteiger partial charge < -0.3 is 9.47 Å². The summed E-state index contributed by atoms with van der Waals surface area (Å²) in [6.45, 7) is 20.3. The van der Waals surface area contributed by atoms with E-state index in [1.165, 1.54) is 31.2 Å². The molecule has 0 bridgehead atoms. The fourth-order valence-electron chi connectivity index (χ4n) is 4.28. The number of methoxy groups -OCH3 is 1. The van der Waals surface area contributed by atoms with Crippen molar-refractivity contribution in [2.24, 2.45) is 22.7 Å². The SMILES string of the molecule is CC.COC(Oc1ccc(C(CC(C)(C)C)C(C)(C)C)cc1)C1CCC(C)C1. The van der Waals surface area contributed by atoms with E-state index in [4.69, 9.17) is 9.47 Å². The van der Waals surface area contributed by atoms with Crippen LogP contribution in [0.3, 0.4) is 0 Å². The van der Waals surface area contributed by atoms with Crippen LogP contribution in [0.4, 0.5) is 0 Å². The van der Waals surface area contributed by atoms with Crippen LogP contribution in [0.2, 0.25) is 0 Å². The van der Waals surface area contributed by atoms with E-state index < -0.39 is 0 Å². The molecular weight excluding hydrogens is 344 g/mol. The zero-order valence-electron chi connectivity index (χ0n) is 20.3. The van der Waals surface area contributed by atoms with E-state index in [0.29, 0.717) is 17.3 Å². The number of benzene rings is 1. The Kier molecular flexibility index (Phi) is 9.53. The largest absolute Gasteiger partial charge is 0.465 e. The standard InChI is InChI=1S/C24H40O2.C2H6/c1-17-9-10-19(15-17)22(25-8)26-20-13-11-18(12-14-20)21(24(5,6)7)16-23(2,3)4;1-2/h11-14,17,19,21-22H,9-10,15-16H2,1-8H3;1-2H3. The van der Waals surface area contributed by atoms with Crippen molar-refractivity contribution in [1.82, 2.24) is 0 Å². The Morgan fingerprint density at radius 2 is 1.54 bits per heavy atom. The van der Waals surface area contributed by atoms with E-state index in [1.54, 1.807) is 7.11 Å². The highest BCUT2D eigenvalue weighted by atomic mass is 16.7. The van der Waals surface area contributed by atoms with Gasteiger partial charge in [0.2, 0.25) is 6.29 Å². The van der Waals surface area contributed by atoms with Gasteiger partial charge in [0.25, 0.3) is 0 Å². The van der Waals surface area contributed by atoms with Gasteiger partial charge in [-0.15, -0.1) is 0 Å². The van der Waals surface area contributed by atoms with Crippen molar-refractivity contribution in [2.75, 3.05) is 7.11 Å². The lowest BCUT2D eigenvalue weighted by atomic mass is 9.69. The molecule has 1 fully saturated rings. The zero-order valence-corrected chi connectivity index (χ0v) is 20.3. The molecule has 0 aliphatic heterocycles. The maximum absolute atomic E-state index is 6.19. The Bertz CT molecular complexity index is 547. The molecule has 1 aromatic carbocycles. The third kappa shape index (κ3) is 7.78. The average molecular weight is 391 g/mol. The molecule has 2 rings (SSSR count). The number of hydrogen-bond acceptors (Lipinski definition) is 2. The molecular formula is C26H46O2. The topological polar surface area (TPSA) is 18.5 Å². The van der Waals surface area contributed by atoms with Crippen LogP contribution in [0.15, 0.2) is 24.3 Å². The van der Waals surface area contributed by atoms with Gasteiger partial charge in [0.05, 0.1) is 0 Å². The second-order valence-electron chi connectivity index (χ2n) is 10.7. The van der Waals surface area contributed by atoms with Gasteiger partial charge in [0.1, 0.15) is 5.75 Å². The Hall–Kier alpha value is -1.02. The van der Waals surface area contributed by atoms with E-state index in [1.807, 2.05) is 13.8 Å². The summed E-state index contributed by atoms with van der Waals surface area (Å²) in [6, 6.07) is 8.75. The zero-order chi connectivity index (χ0) is 21.5. The molecule has 2 heteroatoms. The summed E-state index contributed by atoms with van der Waals surface area (Å²) in [4.78, 5) is 0. The fourth-order valence-corrected chi connectivity index (χ4v) is 4.28. The normalized spacial score (nSPS) is 22.2. The first kappa shape index (κ1) is 25.0. The van der Waals surface area contributed by atoms with E-state index in [0.717, 1.165) is 11.7 Å². The smallest absolute Gasteiger partial charge is 0.202 e. The summed E-state index contributed by atoms with van der Waals surface area (Å²) >= 11 is 0. The quantitative estimate of drug-likeness (QED) is 0.457. The van der Waals surface area contributed by atoms with E-state index in [9.17, 15) is 0 Å². The Morgan fingerprint density at radius 1 is 0.964 bits per heavy atom. The summed E-state index contributed by atoms with van der Waals surface area (Å²) in [7, 11) is 1.76. The fraction of sp³-hybridized carbons (Fsp3) is 0.769. The molecule has 162 valence electrons. The predicted octanol–water partition coefficient (Wildman–Crippen LogP) is 8.07. The molecule has 0 saturated heterocycles. The van der Waals surface area contributed by atoms with Crippen LogP contribution in [0, 0.1) is 22.7 Å². The summed E-state index contributed by atoms with van der Waals surface area (Å²) < 4.78 is 11.9. The monoisotopic (exact) mass is 390 g/mol. The Balaban J connectivity index is 0.00000190. The summed E-state index contributed by atoms with van der Waals surface area (Å²) in [5.74, 6) is 2.75. The number of rotatable bonds is 6. The molecule has 0 radical (unpaired) electrons. The number of ether oxygens (including phenoxy) is 2. The predicted molar refractivity (Wildman–Crippen MR) is 122 cm³/mol. The van der Waals surface area contributed by atoms with Crippen molar-refractivity contribution in [2.45, 2.75) is 100 Å². The second kappa shape index (κ2) is 10.7. The average Bonchev–Trinajstić information content (AvgIpc) is 3.04. The van der Waals surface area contributed by atoms with Gasteiger partial charge in [-0.05, 0) is 59.6 Å². The van der Waals surface area contributed by atoms with Gasteiger partial charge in [0, 0.05) is 13.0 Å². The van der Waals surface area contributed by atoms with Crippen LogP contribution in [0.25, 0.3) is 0 Å². The summed E-state index contributed by atoms with van der Waals surface area (Å²) in [5, 5.41) is 0. The van der Waals surface area contributed by atoms with E-state index in [2.05, 4.69) is 72.7 Å². The van der Waals surface area contributed by atoms with Crippen molar-refractivity contribution in [1.29, 1.82) is 0 Å². The highest BCUT2D eigenvalue weighted by Gasteiger charge is 2.32. The molecule has 1 aliphatic rings. The maximum atomic E-state index is 6.19. The highest BCUT2D eigenvalue weighted by Crippen LogP contribution is 2.43. The summed E-state index contributed by atoms with van der Waals surface area (Å²) in [5.41, 5.74) is 1.96. The van der Waals surface area contributed by atoms with Crippen molar-refractivity contribution >= 4 is 0 Å². The van der Waals surface area contributed by atoms with Gasteiger partial charge in [0.15, 0.2) is 0 Å². The molecule has 1 saturated carbocycles. The summed E-state index contributed by atoms with van der Waals surface area (Å²) in [6.07, 6.45) is 4.74. The van der Waals surface area contributed by atoms with Gasteiger partial charge in [-0.25, -0.2) is 0 Å². The first-order valence-electron chi connectivity index (χ1n) is 11.3. The molecule has 28 heavy (non-hydrogen) atoms. The van der Waals surface area contributed by atoms with Crippen LogP contribution < -0.4 is 4.74 Å². The molecule has 0 aromatic heterocycles. The van der Waals surface area contributed by atoms with Crippen molar-refractivity contribution < 1.29 is 9.47 Å². The molecule has 2 nitrogen and oxygen atoms in total. The molecule has 0 amide bonds. The third-order valence-electron chi connectivity index (χ3n) is 5.75. The minimum Gasteiger partial charge on any atom is -0.465 e. The van der Waals surface area contributed by atoms with Gasteiger partial charge >= 0.3 is 0 Å². The Morgan fingerprint density at radius 3 is 1.93 bits per heavy atom. The molecule has 0 heterocycles. The van der Waals surface area contributed by atoms with Crippen molar-refractivity contribution in [3.05, 3.63) is 29.8 Å². The van der Waals surface area contributed by atoms with Crippen molar-refractivity contribution in [3.63, 3.8) is 0 Å². The molecule has 0 spiro atoms. The van der Waals surface area contributed by atoms with Crippen molar-refractivity contribution in [3.8, 4) is 5.75 Å². The van der Waals surface area contributed by atoms with Gasteiger partial charge in [-0.2, -0.15) is 0 Å². The van der Waals surface area contributed by atoms with Gasteiger partial charge in [-0.3, -0.25) is 0 Å². The lowest BCUT2D eigenvalue weighted by Crippen LogP contribution is -2.27. The van der Waals surface area contributed by atoms with Crippen LogP contribution in [0.1, 0.15) is 99.5 Å². The van der Waals surface area contributed by atoms with E-state index >= 15 is 0 Å².